The van der Waals surface area contributed by atoms with Crippen LogP contribution in [0.5, 0.6) is 0 Å². The Hall–Kier alpha value is -0.120. The highest BCUT2D eigenvalue weighted by molar-refractivity contribution is 5.07. The highest BCUT2D eigenvalue weighted by Gasteiger charge is 2.50. The van der Waals surface area contributed by atoms with Crippen LogP contribution in [0.2, 0.25) is 0 Å². The van der Waals surface area contributed by atoms with Crippen LogP contribution in [0, 0.1) is 0 Å². The first-order chi connectivity index (χ1) is 8.13. The number of likely N-dealkylation sites (tertiary alicyclic amines) is 1. The van der Waals surface area contributed by atoms with Gasteiger partial charge in [0.1, 0.15) is 0 Å². The second kappa shape index (κ2) is 4.22. The van der Waals surface area contributed by atoms with E-state index in [1.54, 1.807) is 0 Å². The smallest absolute Gasteiger partial charge is 0.0850 e. The van der Waals surface area contributed by atoms with E-state index in [0.717, 1.165) is 44.8 Å². The molecule has 1 heterocycles. The van der Waals surface area contributed by atoms with E-state index in [4.69, 9.17) is 5.73 Å². The van der Waals surface area contributed by atoms with E-state index < -0.39 is 5.60 Å². The first-order valence-electron chi connectivity index (χ1n) is 7.38. The first kappa shape index (κ1) is 11.9. The van der Waals surface area contributed by atoms with Crippen LogP contribution >= 0.6 is 0 Å². The van der Waals surface area contributed by atoms with E-state index in [-0.39, 0.29) is 5.54 Å². The fourth-order valence-corrected chi connectivity index (χ4v) is 3.84. The highest BCUT2D eigenvalue weighted by atomic mass is 16.3. The molecule has 0 unspecified atom stereocenters. The van der Waals surface area contributed by atoms with Crippen molar-refractivity contribution in [1.29, 1.82) is 0 Å². The summed E-state index contributed by atoms with van der Waals surface area (Å²) in [6, 6.07) is 0.833. The SMILES string of the molecule is NC1(C2(O)CCN(C3CC3)CC2)CCCCC1. The van der Waals surface area contributed by atoms with Gasteiger partial charge >= 0.3 is 0 Å². The lowest BCUT2D eigenvalue weighted by Gasteiger charge is -2.51. The molecule has 0 amide bonds. The lowest BCUT2D eigenvalue weighted by atomic mass is 9.66. The average Bonchev–Trinajstić information content (AvgIpc) is 3.15. The van der Waals surface area contributed by atoms with E-state index in [0.29, 0.717) is 0 Å². The van der Waals surface area contributed by atoms with Crippen LogP contribution in [-0.2, 0) is 0 Å². The van der Waals surface area contributed by atoms with Crippen molar-refractivity contribution in [3.8, 4) is 0 Å². The lowest BCUT2D eigenvalue weighted by molar-refractivity contribution is -0.0929. The fourth-order valence-electron chi connectivity index (χ4n) is 3.84. The molecule has 2 saturated carbocycles. The van der Waals surface area contributed by atoms with Gasteiger partial charge in [-0.15, -0.1) is 0 Å². The summed E-state index contributed by atoms with van der Waals surface area (Å²) in [5.74, 6) is 0. The molecule has 1 aliphatic heterocycles. The summed E-state index contributed by atoms with van der Waals surface area (Å²) in [5, 5.41) is 10.9. The summed E-state index contributed by atoms with van der Waals surface area (Å²) >= 11 is 0. The Morgan fingerprint density at radius 3 is 2.06 bits per heavy atom. The number of hydrogen-bond acceptors (Lipinski definition) is 3. The molecule has 0 radical (unpaired) electrons. The van der Waals surface area contributed by atoms with Gasteiger partial charge in [-0.3, -0.25) is 0 Å². The van der Waals surface area contributed by atoms with Gasteiger partial charge < -0.3 is 15.7 Å². The van der Waals surface area contributed by atoms with Gasteiger partial charge in [-0.25, -0.2) is 0 Å². The first-order valence-corrected chi connectivity index (χ1v) is 7.38. The Labute approximate surface area is 104 Å². The molecule has 98 valence electrons. The molecule has 0 aromatic rings. The van der Waals surface area contributed by atoms with E-state index in [9.17, 15) is 5.11 Å². The Bertz CT molecular complexity index is 274. The molecule has 3 N–H and O–H groups in total. The molecule has 1 saturated heterocycles. The number of nitrogens with zero attached hydrogens (tertiary/aromatic N) is 1. The normalized spacial score (nSPS) is 33.5. The zero-order valence-corrected chi connectivity index (χ0v) is 10.8. The summed E-state index contributed by atoms with van der Waals surface area (Å²) < 4.78 is 0. The predicted octanol–water partition coefficient (Wildman–Crippen LogP) is 1.64. The molecule has 3 fully saturated rings. The van der Waals surface area contributed by atoms with Crippen molar-refractivity contribution in [2.75, 3.05) is 13.1 Å². The summed E-state index contributed by atoms with van der Waals surface area (Å²) in [6.07, 6.45) is 10.2. The van der Waals surface area contributed by atoms with Gasteiger partial charge in [0, 0.05) is 24.7 Å². The van der Waals surface area contributed by atoms with Gasteiger partial charge in [-0.05, 0) is 38.5 Å². The Morgan fingerprint density at radius 2 is 1.53 bits per heavy atom. The molecule has 0 aromatic heterocycles. The third kappa shape index (κ3) is 2.13. The maximum absolute atomic E-state index is 10.9. The summed E-state index contributed by atoms with van der Waals surface area (Å²) in [5.41, 5.74) is 5.66. The summed E-state index contributed by atoms with van der Waals surface area (Å²) in [4.78, 5) is 2.56. The minimum absolute atomic E-state index is 0.291. The number of rotatable bonds is 2. The van der Waals surface area contributed by atoms with E-state index >= 15 is 0 Å². The standard InChI is InChI=1S/C14H26N2O/c15-13(6-2-1-3-7-13)14(17)8-10-16(11-9-14)12-4-5-12/h12,17H,1-11,15H2. The molecule has 3 rings (SSSR count). The van der Waals surface area contributed by atoms with Crippen molar-refractivity contribution in [2.24, 2.45) is 5.73 Å². The molecule has 0 spiro atoms. The summed E-state index contributed by atoms with van der Waals surface area (Å²) in [7, 11) is 0. The lowest BCUT2D eigenvalue weighted by Crippen LogP contribution is -2.65. The van der Waals surface area contributed by atoms with Crippen LogP contribution in [-0.4, -0.2) is 40.3 Å². The number of aliphatic hydroxyl groups is 1. The van der Waals surface area contributed by atoms with Crippen LogP contribution in [0.1, 0.15) is 57.8 Å². The summed E-state index contributed by atoms with van der Waals surface area (Å²) in [6.45, 7) is 2.11. The Kier molecular flexibility index (Phi) is 2.96. The predicted molar refractivity (Wildman–Crippen MR) is 68.8 cm³/mol. The van der Waals surface area contributed by atoms with Crippen molar-refractivity contribution in [2.45, 2.75) is 75.0 Å². The monoisotopic (exact) mass is 238 g/mol. The second-order valence-electron chi connectivity index (χ2n) is 6.52. The molecule has 3 nitrogen and oxygen atoms in total. The number of hydrogen-bond donors (Lipinski definition) is 2. The highest BCUT2D eigenvalue weighted by Crippen LogP contribution is 2.42. The third-order valence-electron chi connectivity index (χ3n) is 5.36. The largest absolute Gasteiger partial charge is 0.388 e. The number of nitrogens with two attached hydrogens (primary N) is 1. The molecule has 17 heavy (non-hydrogen) atoms. The average molecular weight is 238 g/mol. The van der Waals surface area contributed by atoms with E-state index in [2.05, 4.69) is 4.90 Å². The van der Waals surface area contributed by atoms with Crippen molar-refractivity contribution in [1.82, 2.24) is 4.90 Å². The van der Waals surface area contributed by atoms with Gasteiger partial charge in [0.2, 0.25) is 0 Å². The van der Waals surface area contributed by atoms with Crippen LogP contribution in [0.25, 0.3) is 0 Å². The van der Waals surface area contributed by atoms with Crippen LogP contribution < -0.4 is 5.73 Å². The molecule has 3 heteroatoms. The van der Waals surface area contributed by atoms with Crippen molar-refractivity contribution < 1.29 is 5.11 Å². The quantitative estimate of drug-likeness (QED) is 0.769. The molecular formula is C14H26N2O. The molecule has 2 aliphatic carbocycles. The van der Waals surface area contributed by atoms with Gasteiger partial charge in [0.05, 0.1) is 5.60 Å². The van der Waals surface area contributed by atoms with Crippen LogP contribution in [0.4, 0.5) is 0 Å². The number of piperidine rings is 1. The zero-order valence-electron chi connectivity index (χ0n) is 10.8. The fraction of sp³-hybridized carbons (Fsp3) is 1.00. The van der Waals surface area contributed by atoms with Crippen molar-refractivity contribution in [3.05, 3.63) is 0 Å². The molecule has 0 aromatic carbocycles. The maximum atomic E-state index is 10.9. The van der Waals surface area contributed by atoms with Gasteiger partial charge in [0.25, 0.3) is 0 Å². The van der Waals surface area contributed by atoms with Crippen molar-refractivity contribution >= 4 is 0 Å². The molecule has 3 aliphatic rings. The topological polar surface area (TPSA) is 49.5 Å². The molecule has 0 atom stereocenters. The van der Waals surface area contributed by atoms with E-state index in [1.165, 1.54) is 32.1 Å². The maximum Gasteiger partial charge on any atom is 0.0850 e. The van der Waals surface area contributed by atoms with Gasteiger partial charge in [-0.2, -0.15) is 0 Å². The minimum atomic E-state index is -0.585. The Balaban J connectivity index is 1.65. The van der Waals surface area contributed by atoms with Gasteiger partial charge in [-0.1, -0.05) is 19.3 Å². The zero-order chi connectivity index (χ0) is 11.9. The third-order valence-corrected chi connectivity index (χ3v) is 5.36. The Morgan fingerprint density at radius 1 is 0.941 bits per heavy atom. The van der Waals surface area contributed by atoms with E-state index in [1.807, 2.05) is 0 Å². The van der Waals surface area contributed by atoms with Gasteiger partial charge in [0.15, 0.2) is 0 Å². The molecular weight excluding hydrogens is 212 g/mol. The second-order valence-corrected chi connectivity index (χ2v) is 6.52. The van der Waals surface area contributed by atoms with Crippen LogP contribution in [0.3, 0.4) is 0 Å². The van der Waals surface area contributed by atoms with Crippen LogP contribution in [0.15, 0.2) is 0 Å². The molecule has 0 bridgehead atoms. The van der Waals surface area contributed by atoms with Crippen molar-refractivity contribution in [3.63, 3.8) is 0 Å². The minimum Gasteiger partial charge on any atom is -0.388 e.